The minimum Gasteiger partial charge on any atom is -0.508 e. The summed E-state index contributed by atoms with van der Waals surface area (Å²) >= 11 is 0. The van der Waals surface area contributed by atoms with Gasteiger partial charge in [0.1, 0.15) is 12.4 Å². The van der Waals surface area contributed by atoms with Gasteiger partial charge in [0.2, 0.25) is 0 Å². The summed E-state index contributed by atoms with van der Waals surface area (Å²) in [5.41, 5.74) is 1.29. The fourth-order valence-corrected chi connectivity index (χ4v) is 2.79. The summed E-state index contributed by atoms with van der Waals surface area (Å²) in [4.78, 5) is 21.0. The zero-order valence-electron chi connectivity index (χ0n) is 19.9. The van der Waals surface area contributed by atoms with Crippen LogP contribution in [0.3, 0.4) is 0 Å². The molecule has 0 saturated heterocycles. The van der Waals surface area contributed by atoms with Gasteiger partial charge in [-0.1, -0.05) is 33.4 Å². The predicted molar refractivity (Wildman–Crippen MR) is 126 cm³/mol. The van der Waals surface area contributed by atoms with Crippen LogP contribution < -0.4 is 0 Å². The largest absolute Gasteiger partial charge is 0.508 e. The molecule has 0 bridgehead atoms. The number of carboxylic acid groups (broad SMARTS) is 1. The Labute approximate surface area is 188 Å². The van der Waals surface area contributed by atoms with Crippen molar-refractivity contribution in [3.05, 3.63) is 35.1 Å². The first-order valence-electron chi connectivity index (χ1n) is 10.3. The Morgan fingerprint density at radius 3 is 2.00 bits per heavy atom. The van der Waals surface area contributed by atoms with E-state index in [-0.39, 0.29) is 30.2 Å². The van der Waals surface area contributed by atoms with Crippen molar-refractivity contribution in [1.29, 1.82) is 0 Å². The fraction of sp³-hybridized carbons (Fsp3) is 0.538. The Bertz CT molecular complexity index is 756. The van der Waals surface area contributed by atoms with Crippen molar-refractivity contribution in [3.63, 3.8) is 0 Å². The molecule has 0 amide bonds. The molecule has 0 aliphatic heterocycles. The maximum Gasteiger partial charge on any atom is 0.313 e. The molecule has 2 unspecified atom stereocenters. The van der Waals surface area contributed by atoms with Gasteiger partial charge in [0.25, 0.3) is 6.47 Å². The normalized spacial score (nSPS) is 14.6. The summed E-state index contributed by atoms with van der Waals surface area (Å²) in [5.74, 6) is 5.14. The third kappa shape index (κ3) is 10.1. The topological polar surface area (TPSA) is 83.8 Å². The van der Waals surface area contributed by atoms with Crippen molar-refractivity contribution in [2.24, 2.45) is 10.8 Å². The van der Waals surface area contributed by atoms with E-state index >= 15 is 0 Å². The van der Waals surface area contributed by atoms with Gasteiger partial charge in [0.15, 0.2) is 0 Å². The van der Waals surface area contributed by atoms with E-state index in [1.165, 1.54) is 0 Å². The Balaban J connectivity index is 0. The van der Waals surface area contributed by atoms with Gasteiger partial charge >= 0.3 is 5.97 Å². The number of carbonyl (C=O) groups is 2. The summed E-state index contributed by atoms with van der Waals surface area (Å²) in [7, 11) is 0. The lowest BCUT2D eigenvalue weighted by Gasteiger charge is -2.29. The molecule has 0 heterocycles. The molecule has 0 aromatic carbocycles. The Hall–Kier alpha value is -2.92. The van der Waals surface area contributed by atoms with Crippen LogP contribution in [0, 0.1) is 35.5 Å². The fourth-order valence-electron chi connectivity index (χ4n) is 2.79. The van der Waals surface area contributed by atoms with E-state index in [1.807, 2.05) is 27.7 Å². The second kappa shape index (κ2) is 15.0. The van der Waals surface area contributed by atoms with E-state index in [9.17, 15) is 9.90 Å². The third-order valence-corrected chi connectivity index (χ3v) is 5.50. The Kier molecular flexibility index (Phi) is 14.6. The van der Waals surface area contributed by atoms with Crippen LogP contribution in [-0.2, 0) is 14.3 Å². The average molecular weight is 431 g/mol. The van der Waals surface area contributed by atoms with Gasteiger partial charge in [-0.3, -0.25) is 9.59 Å². The number of aliphatic hydroxyl groups is 1. The molecule has 2 N–H and O–H groups in total. The molecule has 0 rings (SSSR count). The van der Waals surface area contributed by atoms with Gasteiger partial charge in [-0.25, -0.2) is 0 Å². The molecule has 5 nitrogen and oxygen atoms in total. The van der Waals surface area contributed by atoms with Crippen LogP contribution in [0.25, 0.3) is 0 Å². The predicted octanol–water partition coefficient (Wildman–Crippen LogP) is 5.83. The van der Waals surface area contributed by atoms with Crippen LogP contribution in [0.5, 0.6) is 0 Å². The number of hydrogen-bond acceptors (Lipinski definition) is 4. The van der Waals surface area contributed by atoms with Gasteiger partial charge in [-0.15, -0.1) is 24.7 Å². The van der Waals surface area contributed by atoms with Crippen LogP contribution in [0.4, 0.5) is 0 Å². The number of aliphatic hydroxyl groups excluding tert-OH is 1. The van der Waals surface area contributed by atoms with Gasteiger partial charge in [-0.2, -0.15) is 0 Å². The molecule has 0 aliphatic rings. The van der Waals surface area contributed by atoms with Crippen molar-refractivity contribution in [1.82, 2.24) is 0 Å². The molecule has 31 heavy (non-hydrogen) atoms. The maximum absolute atomic E-state index is 12.6. The first kappa shape index (κ1) is 30.3. The number of ether oxygens (including phenoxy) is 1. The van der Waals surface area contributed by atoms with Gasteiger partial charge < -0.3 is 14.9 Å². The summed E-state index contributed by atoms with van der Waals surface area (Å²) in [6.45, 7) is 15.2. The summed E-state index contributed by atoms with van der Waals surface area (Å²) < 4.78 is 5.59. The summed E-state index contributed by atoms with van der Waals surface area (Å²) in [5, 5.41) is 17.6. The molecule has 0 aliphatic carbocycles. The lowest BCUT2D eigenvalue weighted by atomic mass is 9.76. The van der Waals surface area contributed by atoms with E-state index in [0.29, 0.717) is 31.3 Å². The Morgan fingerprint density at radius 1 is 1.13 bits per heavy atom. The van der Waals surface area contributed by atoms with Crippen molar-refractivity contribution in [2.75, 3.05) is 6.61 Å². The molecule has 0 aromatic rings. The minimum absolute atomic E-state index is 0.0328. The van der Waals surface area contributed by atoms with Crippen molar-refractivity contribution >= 4 is 12.4 Å². The summed E-state index contributed by atoms with van der Waals surface area (Å²) in [6, 6.07) is 0. The number of hydrogen-bond donors (Lipinski definition) is 2. The van der Waals surface area contributed by atoms with Gasteiger partial charge in [-0.05, 0) is 56.6 Å². The standard InChI is InChI=1S/C25H36O3.CH2O2/c1-10-15-24(8,13-4)17-21(22(26)19(6)7)20(12-3)18-28-23(27)25(9,14-5)16-11-2;2-1-3/h1-2,12,26H,3,13-18H2,4-9H3;1H,(H,2,3)/b21-20+;. The number of allylic oxidation sites excluding steroid dienone is 2. The quantitative estimate of drug-likeness (QED) is 0.142. The third-order valence-electron chi connectivity index (χ3n) is 5.50. The van der Waals surface area contributed by atoms with Crippen LogP contribution in [0.15, 0.2) is 35.1 Å². The van der Waals surface area contributed by atoms with Crippen molar-refractivity contribution < 1.29 is 24.5 Å². The molecule has 5 heteroatoms. The first-order valence-corrected chi connectivity index (χ1v) is 10.3. The number of esters is 1. The number of carbonyl (C=O) groups excluding carboxylic acids is 1. The van der Waals surface area contributed by atoms with Gasteiger partial charge in [0.05, 0.1) is 5.41 Å². The van der Waals surface area contributed by atoms with Crippen LogP contribution >= 0.6 is 0 Å². The molecule has 172 valence electrons. The Morgan fingerprint density at radius 2 is 1.65 bits per heavy atom. The van der Waals surface area contributed by atoms with E-state index in [4.69, 9.17) is 27.5 Å². The smallest absolute Gasteiger partial charge is 0.313 e. The van der Waals surface area contributed by atoms with E-state index in [1.54, 1.807) is 6.08 Å². The minimum atomic E-state index is -0.721. The highest BCUT2D eigenvalue weighted by molar-refractivity contribution is 5.77. The zero-order chi connectivity index (χ0) is 24.7. The van der Waals surface area contributed by atoms with E-state index < -0.39 is 5.41 Å². The lowest BCUT2D eigenvalue weighted by Crippen LogP contribution is -2.29. The molecule has 0 fully saturated rings. The maximum atomic E-state index is 12.6. The second-order valence-electron chi connectivity index (χ2n) is 8.26. The number of terminal acetylenes is 2. The van der Waals surface area contributed by atoms with Crippen molar-refractivity contribution in [2.45, 2.75) is 73.6 Å². The van der Waals surface area contributed by atoms with Crippen LogP contribution in [0.1, 0.15) is 73.6 Å². The second-order valence-corrected chi connectivity index (χ2v) is 8.26. The number of rotatable bonds is 11. The average Bonchev–Trinajstić information content (AvgIpc) is 2.73. The van der Waals surface area contributed by atoms with E-state index in [2.05, 4.69) is 32.3 Å². The first-order chi connectivity index (χ1) is 14.4. The van der Waals surface area contributed by atoms with Crippen molar-refractivity contribution in [3.8, 4) is 24.7 Å². The van der Waals surface area contributed by atoms with E-state index in [0.717, 1.165) is 17.6 Å². The zero-order valence-corrected chi connectivity index (χ0v) is 19.9. The molecular weight excluding hydrogens is 392 g/mol. The van der Waals surface area contributed by atoms with Crippen LogP contribution in [-0.4, -0.2) is 29.3 Å². The van der Waals surface area contributed by atoms with Crippen LogP contribution in [0.2, 0.25) is 0 Å². The highest BCUT2D eigenvalue weighted by Crippen LogP contribution is 2.37. The summed E-state index contributed by atoms with van der Waals surface area (Å²) in [6.07, 6.45) is 15.5. The molecule has 0 radical (unpaired) electrons. The lowest BCUT2D eigenvalue weighted by molar-refractivity contribution is -0.153. The molecule has 2 atom stereocenters. The highest BCUT2D eigenvalue weighted by atomic mass is 16.5. The molecule has 0 spiro atoms. The monoisotopic (exact) mass is 430 g/mol. The SMILES string of the molecule is C#CCC(C)(CC)C/C(C(O)=C(C)C)=C(/C=C)COC(=O)C(C)(CC)CC#C.O=CO. The van der Waals surface area contributed by atoms with Gasteiger partial charge in [0, 0.05) is 18.4 Å². The molecule has 0 aromatic heterocycles. The highest BCUT2D eigenvalue weighted by Gasteiger charge is 2.33. The molecular formula is C26H38O5. The molecule has 0 saturated carbocycles.